The molecule has 6 heteroatoms. The molecule has 20 heavy (non-hydrogen) atoms. The Morgan fingerprint density at radius 2 is 1.65 bits per heavy atom. The fourth-order valence-electron chi connectivity index (χ4n) is 2.16. The topological polar surface area (TPSA) is 99.4 Å². The molecule has 5 atom stereocenters. The molecule has 1 heterocycles. The van der Waals surface area contributed by atoms with Crippen molar-refractivity contribution >= 4 is 0 Å². The van der Waals surface area contributed by atoms with Crippen molar-refractivity contribution in [2.45, 2.75) is 70.7 Å². The Labute approximate surface area is 120 Å². The minimum absolute atomic E-state index is 0.281. The van der Waals surface area contributed by atoms with Crippen LogP contribution in [0.1, 0.15) is 40.0 Å². The summed E-state index contributed by atoms with van der Waals surface area (Å²) in [6.07, 6.45) is -3.04. The Morgan fingerprint density at radius 1 is 1.00 bits per heavy atom. The van der Waals surface area contributed by atoms with Gasteiger partial charge in [0.15, 0.2) is 6.29 Å². The van der Waals surface area contributed by atoms with Crippen LogP contribution in [0.4, 0.5) is 0 Å². The third kappa shape index (κ3) is 5.27. The molecule has 0 amide bonds. The average molecular weight is 292 g/mol. The zero-order valence-electron chi connectivity index (χ0n) is 12.5. The number of unbranched alkanes of at least 4 members (excludes halogenated alkanes) is 1. The van der Waals surface area contributed by atoms with Crippen molar-refractivity contribution in [3.05, 3.63) is 0 Å². The van der Waals surface area contributed by atoms with Gasteiger partial charge in [0.1, 0.15) is 24.4 Å². The molecule has 6 nitrogen and oxygen atoms in total. The van der Waals surface area contributed by atoms with E-state index in [2.05, 4.69) is 20.8 Å². The summed E-state index contributed by atoms with van der Waals surface area (Å²) in [7, 11) is 0. The quantitative estimate of drug-likeness (QED) is 0.515. The standard InChI is InChI=1S/C14H28O6/c1-14(2,3)6-4-5-7-19-13-12(18)11(17)10(16)9(8-15)20-13/h9-13,15-18H,4-8H2,1-3H3. The smallest absolute Gasteiger partial charge is 0.186 e. The highest BCUT2D eigenvalue weighted by Gasteiger charge is 2.43. The molecule has 1 fully saturated rings. The molecule has 4 N–H and O–H groups in total. The number of hydrogen-bond donors (Lipinski definition) is 4. The van der Waals surface area contributed by atoms with Gasteiger partial charge in [-0.3, -0.25) is 0 Å². The molecule has 0 radical (unpaired) electrons. The van der Waals surface area contributed by atoms with E-state index in [0.29, 0.717) is 6.61 Å². The van der Waals surface area contributed by atoms with E-state index in [1.165, 1.54) is 0 Å². The number of aliphatic hydroxyl groups excluding tert-OH is 4. The Morgan fingerprint density at radius 3 is 2.20 bits per heavy atom. The lowest BCUT2D eigenvalue weighted by Gasteiger charge is -2.39. The van der Waals surface area contributed by atoms with Crippen LogP contribution in [0, 0.1) is 5.41 Å². The maximum atomic E-state index is 9.77. The van der Waals surface area contributed by atoms with Crippen LogP contribution < -0.4 is 0 Å². The van der Waals surface area contributed by atoms with E-state index in [1.807, 2.05) is 0 Å². The highest BCUT2D eigenvalue weighted by molar-refractivity contribution is 4.88. The van der Waals surface area contributed by atoms with Gasteiger partial charge in [-0.1, -0.05) is 27.2 Å². The van der Waals surface area contributed by atoms with E-state index >= 15 is 0 Å². The first-order valence-electron chi connectivity index (χ1n) is 7.18. The Hall–Kier alpha value is -0.240. The first kappa shape index (κ1) is 17.8. The number of ether oxygens (including phenoxy) is 2. The van der Waals surface area contributed by atoms with Crippen LogP contribution in [0.5, 0.6) is 0 Å². The van der Waals surface area contributed by atoms with Gasteiger partial charge in [-0.15, -0.1) is 0 Å². The van der Waals surface area contributed by atoms with Gasteiger partial charge in [-0.05, 0) is 18.3 Å². The average Bonchev–Trinajstić information content (AvgIpc) is 2.37. The summed E-state index contributed by atoms with van der Waals surface area (Å²) in [6, 6.07) is 0. The van der Waals surface area contributed by atoms with Crippen LogP contribution in [-0.4, -0.2) is 64.3 Å². The van der Waals surface area contributed by atoms with Crippen molar-refractivity contribution in [2.75, 3.05) is 13.2 Å². The van der Waals surface area contributed by atoms with Gasteiger partial charge in [-0.2, -0.15) is 0 Å². The SMILES string of the molecule is CC(C)(C)CCCCOC1OC(CO)C(O)C(O)C1O. The van der Waals surface area contributed by atoms with Crippen molar-refractivity contribution in [1.29, 1.82) is 0 Å². The van der Waals surface area contributed by atoms with Gasteiger partial charge in [0.05, 0.1) is 6.61 Å². The molecule has 1 aliphatic heterocycles. The second-order valence-corrected chi connectivity index (χ2v) is 6.59. The van der Waals surface area contributed by atoms with Crippen molar-refractivity contribution in [3.8, 4) is 0 Å². The fraction of sp³-hybridized carbons (Fsp3) is 1.00. The summed E-state index contributed by atoms with van der Waals surface area (Å²) in [6.45, 7) is 6.48. The molecule has 0 aromatic carbocycles. The summed E-state index contributed by atoms with van der Waals surface area (Å²) in [5.41, 5.74) is 0.281. The maximum Gasteiger partial charge on any atom is 0.186 e. The minimum atomic E-state index is -1.37. The Balaban J connectivity index is 2.32. The minimum Gasteiger partial charge on any atom is -0.394 e. The highest BCUT2D eigenvalue weighted by Crippen LogP contribution is 2.23. The first-order valence-corrected chi connectivity index (χ1v) is 7.18. The van der Waals surface area contributed by atoms with Gasteiger partial charge in [0, 0.05) is 6.61 Å². The normalized spacial score (nSPS) is 35.2. The molecule has 0 aromatic heterocycles. The molecule has 0 aliphatic carbocycles. The predicted molar refractivity (Wildman–Crippen MR) is 73.0 cm³/mol. The van der Waals surface area contributed by atoms with Gasteiger partial charge in [-0.25, -0.2) is 0 Å². The van der Waals surface area contributed by atoms with E-state index in [-0.39, 0.29) is 5.41 Å². The number of rotatable bonds is 6. The lowest BCUT2D eigenvalue weighted by Crippen LogP contribution is -2.59. The highest BCUT2D eigenvalue weighted by atomic mass is 16.7. The molecule has 1 aliphatic rings. The second-order valence-electron chi connectivity index (χ2n) is 6.59. The molecule has 0 aromatic rings. The van der Waals surface area contributed by atoms with E-state index in [1.54, 1.807) is 0 Å². The van der Waals surface area contributed by atoms with Crippen LogP contribution in [0.2, 0.25) is 0 Å². The van der Waals surface area contributed by atoms with Crippen molar-refractivity contribution in [1.82, 2.24) is 0 Å². The largest absolute Gasteiger partial charge is 0.394 e. The van der Waals surface area contributed by atoms with Gasteiger partial charge in [0.25, 0.3) is 0 Å². The molecular formula is C14H28O6. The maximum absolute atomic E-state index is 9.77. The molecule has 5 unspecified atom stereocenters. The van der Waals surface area contributed by atoms with Crippen LogP contribution >= 0.6 is 0 Å². The molecule has 1 rings (SSSR count). The zero-order chi connectivity index (χ0) is 15.3. The monoisotopic (exact) mass is 292 g/mol. The number of aliphatic hydroxyl groups is 4. The number of hydrogen-bond acceptors (Lipinski definition) is 6. The third-order valence-electron chi connectivity index (χ3n) is 3.45. The first-order chi connectivity index (χ1) is 9.26. The van der Waals surface area contributed by atoms with Crippen molar-refractivity contribution < 1.29 is 29.9 Å². The molecule has 1 saturated heterocycles. The Bertz CT molecular complexity index is 275. The molecule has 0 spiro atoms. The molecular weight excluding hydrogens is 264 g/mol. The lowest BCUT2D eigenvalue weighted by molar-refractivity contribution is -0.301. The summed E-state index contributed by atoms with van der Waals surface area (Å²) in [5, 5.41) is 38.0. The van der Waals surface area contributed by atoms with Gasteiger partial charge in [0.2, 0.25) is 0 Å². The van der Waals surface area contributed by atoms with Gasteiger partial charge >= 0.3 is 0 Å². The van der Waals surface area contributed by atoms with E-state index in [4.69, 9.17) is 14.6 Å². The Kier molecular flexibility index (Phi) is 6.84. The third-order valence-corrected chi connectivity index (χ3v) is 3.45. The van der Waals surface area contributed by atoms with Crippen LogP contribution in [0.15, 0.2) is 0 Å². The second kappa shape index (κ2) is 7.68. The van der Waals surface area contributed by atoms with Crippen molar-refractivity contribution in [2.24, 2.45) is 5.41 Å². The summed E-state index contributed by atoms with van der Waals surface area (Å²) in [4.78, 5) is 0. The predicted octanol–water partition coefficient (Wildman–Crippen LogP) is 0.0193. The zero-order valence-corrected chi connectivity index (χ0v) is 12.5. The summed E-state index contributed by atoms with van der Waals surface area (Å²) in [5.74, 6) is 0. The lowest BCUT2D eigenvalue weighted by atomic mass is 9.90. The molecule has 0 bridgehead atoms. The summed E-state index contributed by atoms with van der Waals surface area (Å²) >= 11 is 0. The van der Waals surface area contributed by atoms with E-state index < -0.39 is 37.3 Å². The van der Waals surface area contributed by atoms with Crippen LogP contribution in [0.25, 0.3) is 0 Å². The van der Waals surface area contributed by atoms with Crippen LogP contribution in [0.3, 0.4) is 0 Å². The van der Waals surface area contributed by atoms with Crippen LogP contribution in [-0.2, 0) is 9.47 Å². The summed E-state index contributed by atoms with van der Waals surface area (Å²) < 4.78 is 10.7. The van der Waals surface area contributed by atoms with E-state index in [0.717, 1.165) is 19.3 Å². The molecule has 0 saturated carbocycles. The van der Waals surface area contributed by atoms with E-state index in [9.17, 15) is 15.3 Å². The van der Waals surface area contributed by atoms with Gasteiger partial charge < -0.3 is 29.9 Å². The molecule has 120 valence electrons. The fourth-order valence-corrected chi connectivity index (χ4v) is 2.16. The van der Waals surface area contributed by atoms with Crippen molar-refractivity contribution in [3.63, 3.8) is 0 Å².